The summed E-state index contributed by atoms with van der Waals surface area (Å²) in [6.07, 6.45) is 2.15. The molecule has 1 aliphatic rings. The highest BCUT2D eigenvalue weighted by Crippen LogP contribution is 2.37. The molecule has 0 saturated carbocycles. The lowest BCUT2D eigenvalue weighted by molar-refractivity contribution is -0.387. The van der Waals surface area contributed by atoms with Crippen molar-refractivity contribution in [2.24, 2.45) is 0 Å². The summed E-state index contributed by atoms with van der Waals surface area (Å²) in [5.74, 6) is -0.277. The van der Waals surface area contributed by atoms with Crippen LogP contribution in [0.25, 0.3) is 0 Å². The lowest BCUT2D eigenvalue weighted by atomic mass is 10.1. The van der Waals surface area contributed by atoms with Gasteiger partial charge in [-0.25, -0.2) is 0 Å². The highest BCUT2D eigenvalue weighted by molar-refractivity contribution is 8.00. The smallest absolute Gasteiger partial charge is 0.305 e. The van der Waals surface area contributed by atoms with Crippen molar-refractivity contribution in [3.05, 3.63) is 39.7 Å². The van der Waals surface area contributed by atoms with Gasteiger partial charge in [-0.3, -0.25) is 14.9 Å². The summed E-state index contributed by atoms with van der Waals surface area (Å²) in [6, 6.07) is 3.16. The lowest BCUT2D eigenvalue weighted by Gasteiger charge is -2.22. The van der Waals surface area contributed by atoms with Crippen LogP contribution in [0.3, 0.4) is 0 Å². The highest BCUT2D eigenvalue weighted by Gasteiger charge is 2.30. The highest BCUT2D eigenvalue weighted by atomic mass is 32.2. The van der Waals surface area contributed by atoms with Crippen molar-refractivity contribution in [1.29, 1.82) is 0 Å². The number of carbonyl (C=O) groups is 1. The number of amides is 1. The SMILES string of the molecule is CC1(CNC(=O)c2ccc(F)c([N+](=O)[O-])c2)CCCS1. The third kappa shape index (κ3) is 3.27. The van der Waals surface area contributed by atoms with E-state index < -0.39 is 22.3 Å². The maximum Gasteiger partial charge on any atom is 0.305 e. The summed E-state index contributed by atoms with van der Waals surface area (Å²) in [4.78, 5) is 21.8. The second-order valence-electron chi connectivity index (χ2n) is 5.01. The number of rotatable bonds is 4. The number of halogens is 1. The zero-order chi connectivity index (χ0) is 14.8. The van der Waals surface area contributed by atoms with Gasteiger partial charge < -0.3 is 5.32 Å². The number of nitro groups is 1. The molecule has 1 aromatic rings. The second kappa shape index (κ2) is 5.78. The van der Waals surface area contributed by atoms with Gasteiger partial charge in [-0.2, -0.15) is 16.2 Å². The number of carbonyl (C=O) groups excluding carboxylic acids is 1. The summed E-state index contributed by atoms with van der Waals surface area (Å²) in [5, 5.41) is 13.4. The molecule has 7 heteroatoms. The van der Waals surface area contributed by atoms with E-state index in [0.29, 0.717) is 6.54 Å². The Morgan fingerprint density at radius 2 is 2.35 bits per heavy atom. The topological polar surface area (TPSA) is 72.2 Å². The van der Waals surface area contributed by atoms with E-state index in [1.54, 1.807) is 0 Å². The molecule has 0 bridgehead atoms. The van der Waals surface area contributed by atoms with E-state index in [1.807, 2.05) is 11.8 Å². The van der Waals surface area contributed by atoms with Crippen LogP contribution in [0, 0.1) is 15.9 Å². The van der Waals surface area contributed by atoms with Crippen LogP contribution in [0.1, 0.15) is 30.1 Å². The maximum atomic E-state index is 13.2. The van der Waals surface area contributed by atoms with Crippen molar-refractivity contribution in [1.82, 2.24) is 5.32 Å². The Hall–Kier alpha value is -1.63. The fraction of sp³-hybridized carbons (Fsp3) is 0.462. The number of nitro benzene ring substituents is 1. The van der Waals surface area contributed by atoms with Gasteiger partial charge in [-0.15, -0.1) is 0 Å². The van der Waals surface area contributed by atoms with Crippen molar-refractivity contribution in [2.75, 3.05) is 12.3 Å². The predicted octanol–water partition coefficient (Wildman–Crippen LogP) is 2.75. The summed E-state index contributed by atoms with van der Waals surface area (Å²) in [5.41, 5.74) is -0.580. The van der Waals surface area contributed by atoms with E-state index in [2.05, 4.69) is 12.2 Å². The number of benzene rings is 1. The molecule has 1 atom stereocenters. The first-order chi connectivity index (χ1) is 9.41. The standard InChI is InChI=1S/C13H15FN2O3S/c1-13(5-2-6-20-13)8-15-12(17)9-3-4-10(14)11(7-9)16(18)19/h3-4,7H,2,5-6,8H2,1H3,(H,15,17). The fourth-order valence-corrected chi connectivity index (χ4v) is 3.38. The van der Waals surface area contributed by atoms with Gasteiger partial charge in [0.1, 0.15) is 0 Å². The van der Waals surface area contributed by atoms with Crippen LogP contribution in [0.5, 0.6) is 0 Å². The van der Waals surface area contributed by atoms with Gasteiger partial charge >= 0.3 is 5.69 Å². The number of hydrogen-bond acceptors (Lipinski definition) is 4. The van der Waals surface area contributed by atoms with E-state index in [9.17, 15) is 19.3 Å². The van der Waals surface area contributed by atoms with Crippen LogP contribution in [-0.4, -0.2) is 27.9 Å². The van der Waals surface area contributed by atoms with E-state index in [4.69, 9.17) is 0 Å². The predicted molar refractivity (Wildman–Crippen MR) is 75.5 cm³/mol. The molecular formula is C13H15FN2O3S. The minimum absolute atomic E-state index is 0.0155. The molecular weight excluding hydrogens is 283 g/mol. The molecule has 2 rings (SSSR count). The van der Waals surface area contributed by atoms with Crippen molar-refractivity contribution in [3.8, 4) is 0 Å². The second-order valence-corrected chi connectivity index (χ2v) is 6.69. The largest absolute Gasteiger partial charge is 0.351 e. The number of hydrogen-bond donors (Lipinski definition) is 1. The van der Waals surface area contributed by atoms with Crippen molar-refractivity contribution < 1.29 is 14.1 Å². The first-order valence-corrected chi connectivity index (χ1v) is 7.26. The molecule has 5 nitrogen and oxygen atoms in total. The third-order valence-corrected chi connectivity index (χ3v) is 4.87. The molecule has 20 heavy (non-hydrogen) atoms. The molecule has 0 aromatic heterocycles. The van der Waals surface area contributed by atoms with Gasteiger partial charge in [0.2, 0.25) is 5.82 Å². The Morgan fingerprint density at radius 3 is 2.95 bits per heavy atom. The van der Waals surface area contributed by atoms with E-state index in [1.165, 1.54) is 6.07 Å². The third-order valence-electron chi connectivity index (χ3n) is 3.33. The van der Waals surface area contributed by atoms with Crippen LogP contribution in [-0.2, 0) is 0 Å². The van der Waals surface area contributed by atoms with Gasteiger partial charge in [-0.05, 0) is 37.7 Å². The first kappa shape index (κ1) is 14.8. The maximum absolute atomic E-state index is 13.2. The molecule has 1 aliphatic heterocycles. The molecule has 0 spiro atoms. The van der Waals surface area contributed by atoms with E-state index >= 15 is 0 Å². The van der Waals surface area contributed by atoms with Crippen LogP contribution in [0.15, 0.2) is 18.2 Å². The summed E-state index contributed by atoms with van der Waals surface area (Å²) < 4.78 is 13.2. The summed E-state index contributed by atoms with van der Waals surface area (Å²) >= 11 is 1.81. The quantitative estimate of drug-likeness (QED) is 0.685. The van der Waals surface area contributed by atoms with Crippen LogP contribution in [0.2, 0.25) is 0 Å². The Bertz CT molecular complexity index is 544. The molecule has 1 unspecified atom stereocenters. The number of nitrogens with zero attached hydrogens (tertiary/aromatic N) is 1. The normalized spacial score (nSPS) is 21.7. The molecule has 1 amide bonds. The first-order valence-electron chi connectivity index (χ1n) is 6.27. The molecule has 1 saturated heterocycles. The van der Waals surface area contributed by atoms with Gasteiger partial charge in [0.15, 0.2) is 0 Å². The molecule has 108 valence electrons. The summed E-state index contributed by atoms with van der Waals surface area (Å²) in [7, 11) is 0. The van der Waals surface area contributed by atoms with Crippen LogP contribution >= 0.6 is 11.8 Å². The molecule has 0 aliphatic carbocycles. The minimum atomic E-state index is -0.940. The van der Waals surface area contributed by atoms with Crippen molar-refractivity contribution in [2.45, 2.75) is 24.5 Å². The number of nitrogens with one attached hydrogen (secondary N) is 1. The van der Waals surface area contributed by atoms with E-state index in [-0.39, 0.29) is 10.3 Å². The van der Waals surface area contributed by atoms with Gasteiger partial charge in [-0.1, -0.05) is 0 Å². The number of thioether (sulfide) groups is 1. The van der Waals surface area contributed by atoms with Gasteiger partial charge in [0, 0.05) is 22.9 Å². The summed E-state index contributed by atoms with van der Waals surface area (Å²) in [6.45, 7) is 2.58. The van der Waals surface area contributed by atoms with Crippen LogP contribution < -0.4 is 5.32 Å². The van der Waals surface area contributed by atoms with Crippen molar-refractivity contribution in [3.63, 3.8) is 0 Å². The van der Waals surface area contributed by atoms with Crippen LogP contribution in [0.4, 0.5) is 10.1 Å². The lowest BCUT2D eigenvalue weighted by Crippen LogP contribution is -2.36. The minimum Gasteiger partial charge on any atom is -0.351 e. The average molecular weight is 298 g/mol. The van der Waals surface area contributed by atoms with Gasteiger partial charge in [0.25, 0.3) is 5.91 Å². The fourth-order valence-electron chi connectivity index (χ4n) is 2.14. The molecule has 1 heterocycles. The molecule has 0 radical (unpaired) electrons. The Balaban J connectivity index is 2.06. The monoisotopic (exact) mass is 298 g/mol. The van der Waals surface area contributed by atoms with Gasteiger partial charge in [0.05, 0.1) is 4.92 Å². The Kier molecular flexibility index (Phi) is 4.27. The molecule has 1 fully saturated rings. The molecule has 1 N–H and O–H groups in total. The van der Waals surface area contributed by atoms with Crippen molar-refractivity contribution >= 4 is 23.4 Å². The Labute approximate surface area is 120 Å². The zero-order valence-corrected chi connectivity index (χ0v) is 11.8. The zero-order valence-electron chi connectivity index (χ0n) is 11.0. The Morgan fingerprint density at radius 1 is 1.60 bits per heavy atom. The molecule has 1 aromatic carbocycles. The average Bonchev–Trinajstić information content (AvgIpc) is 2.84. The van der Waals surface area contributed by atoms with E-state index in [0.717, 1.165) is 30.7 Å².